The summed E-state index contributed by atoms with van der Waals surface area (Å²) in [5, 5.41) is 3.02. The molecule has 0 heterocycles. The van der Waals surface area contributed by atoms with Crippen molar-refractivity contribution in [2.24, 2.45) is 0 Å². The Morgan fingerprint density at radius 3 is 2.38 bits per heavy atom. The van der Waals surface area contributed by atoms with Gasteiger partial charge in [-0.3, -0.25) is 13.9 Å². The number of amides is 2. The maximum absolute atomic E-state index is 13.9. The van der Waals surface area contributed by atoms with Crippen molar-refractivity contribution in [2.75, 3.05) is 24.5 Å². The van der Waals surface area contributed by atoms with E-state index in [1.807, 2.05) is 38.1 Å². The maximum Gasteiger partial charge on any atom is 0.264 e. The molecule has 0 radical (unpaired) electrons. The standard InChI is InChI=1S/C29H33BrClN3O5S/c1-5-15-32-29(36)21(3)33(18-22-7-6-8-23(30)16-22)28(35)19-34(24-11-14-27(39-4)26(31)17-24)40(37,38)25-12-9-20(2)10-13-25/h6-14,16-17,21H,5,15,18-19H2,1-4H3,(H,32,36)/t21-/m0/s1. The number of aryl methyl sites for hydroxylation is 1. The number of nitrogens with one attached hydrogen (secondary N) is 1. The number of nitrogens with zero attached hydrogens (tertiary/aromatic N) is 2. The fourth-order valence-corrected chi connectivity index (χ4v) is 6.09. The number of carbonyl (C=O) groups is 2. The molecule has 3 rings (SSSR count). The van der Waals surface area contributed by atoms with Gasteiger partial charge in [-0.05, 0) is 68.3 Å². The van der Waals surface area contributed by atoms with Crippen LogP contribution >= 0.6 is 27.5 Å². The van der Waals surface area contributed by atoms with Gasteiger partial charge in [0.2, 0.25) is 11.8 Å². The number of anilines is 1. The molecule has 0 saturated heterocycles. The van der Waals surface area contributed by atoms with Crippen molar-refractivity contribution in [1.82, 2.24) is 10.2 Å². The fourth-order valence-electron chi connectivity index (χ4n) is 3.99. The zero-order valence-electron chi connectivity index (χ0n) is 22.9. The summed E-state index contributed by atoms with van der Waals surface area (Å²) in [6.45, 7) is 5.41. The molecule has 0 aliphatic heterocycles. The minimum Gasteiger partial charge on any atom is -0.495 e. The molecule has 0 aromatic heterocycles. The molecule has 40 heavy (non-hydrogen) atoms. The Morgan fingerprint density at radius 2 is 1.77 bits per heavy atom. The molecule has 0 unspecified atom stereocenters. The van der Waals surface area contributed by atoms with E-state index >= 15 is 0 Å². The number of methoxy groups -OCH3 is 1. The lowest BCUT2D eigenvalue weighted by atomic mass is 10.1. The van der Waals surface area contributed by atoms with Crippen LogP contribution in [0.2, 0.25) is 5.02 Å². The van der Waals surface area contributed by atoms with E-state index < -0.39 is 28.5 Å². The molecule has 8 nitrogen and oxygen atoms in total. The molecule has 0 aliphatic carbocycles. The number of carbonyl (C=O) groups excluding carboxylic acids is 2. The van der Waals surface area contributed by atoms with Crippen molar-refractivity contribution in [3.05, 3.63) is 87.4 Å². The van der Waals surface area contributed by atoms with E-state index in [1.165, 1.54) is 36.3 Å². The number of hydrogen-bond acceptors (Lipinski definition) is 5. The molecule has 3 aromatic carbocycles. The molecule has 0 fully saturated rings. The Kier molecular flexibility index (Phi) is 11.0. The first-order valence-electron chi connectivity index (χ1n) is 12.7. The summed E-state index contributed by atoms with van der Waals surface area (Å²) in [5.41, 5.74) is 1.85. The molecule has 0 spiro atoms. The van der Waals surface area contributed by atoms with E-state index in [1.54, 1.807) is 25.1 Å². The topological polar surface area (TPSA) is 96.0 Å². The minimum absolute atomic E-state index is 0.0186. The van der Waals surface area contributed by atoms with Crippen LogP contribution in [-0.4, -0.2) is 51.4 Å². The monoisotopic (exact) mass is 649 g/mol. The largest absolute Gasteiger partial charge is 0.495 e. The molecule has 11 heteroatoms. The Labute approximate surface area is 249 Å². The molecular formula is C29H33BrClN3O5S. The second kappa shape index (κ2) is 14.0. The first kappa shape index (κ1) is 31.4. The predicted octanol–water partition coefficient (Wildman–Crippen LogP) is 5.56. The van der Waals surface area contributed by atoms with Crippen LogP contribution in [0.25, 0.3) is 0 Å². The van der Waals surface area contributed by atoms with Crippen LogP contribution in [0.1, 0.15) is 31.4 Å². The SMILES string of the molecule is CCCNC(=O)[C@H](C)N(Cc1cccc(Br)c1)C(=O)CN(c1ccc(OC)c(Cl)c1)S(=O)(=O)c1ccc(C)cc1. The Balaban J connectivity index is 2.06. The van der Waals surface area contributed by atoms with Gasteiger partial charge in [-0.15, -0.1) is 0 Å². The highest BCUT2D eigenvalue weighted by Crippen LogP contribution is 2.32. The lowest BCUT2D eigenvalue weighted by molar-refractivity contribution is -0.139. The third-order valence-electron chi connectivity index (χ3n) is 6.27. The minimum atomic E-state index is -4.20. The van der Waals surface area contributed by atoms with Crippen molar-refractivity contribution in [3.8, 4) is 5.75 Å². The van der Waals surface area contributed by atoms with Gasteiger partial charge in [0, 0.05) is 17.6 Å². The van der Waals surface area contributed by atoms with Gasteiger partial charge >= 0.3 is 0 Å². The number of benzene rings is 3. The lowest BCUT2D eigenvalue weighted by Gasteiger charge is -2.32. The zero-order valence-corrected chi connectivity index (χ0v) is 26.0. The summed E-state index contributed by atoms with van der Waals surface area (Å²) in [5.74, 6) is -0.519. The lowest BCUT2D eigenvalue weighted by Crippen LogP contribution is -2.51. The Morgan fingerprint density at radius 1 is 1.07 bits per heavy atom. The van der Waals surface area contributed by atoms with Crippen molar-refractivity contribution >= 4 is 55.1 Å². The van der Waals surface area contributed by atoms with Crippen molar-refractivity contribution in [3.63, 3.8) is 0 Å². The quantitative estimate of drug-likeness (QED) is 0.277. The highest BCUT2D eigenvalue weighted by molar-refractivity contribution is 9.10. The molecule has 1 N–H and O–H groups in total. The molecule has 0 saturated carbocycles. The first-order chi connectivity index (χ1) is 19.0. The molecular weight excluding hydrogens is 618 g/mol. The third-order valence-corrected chi connectivity index (χ3v) is 8.85. The molecule has 2 amide bonds. The van der Waals surface area contributed by atoms with E-state index in [0.717, 1.165) is 26.3 Å². The normalized spacial score (nSPS) is 11.9. The predicted molar refractivity (Wildman–Crippen MR) is 161 cm³/mol. The number of hydrogen-bond donors (Lipinski definition) is 1. The Bertz CT molecular complexity index is 1450. The number of rotatable bonds is 12. The summed E-state index contributed by atoms with van der Waals surface area (Å²) in [4.78, 5) is 28.3. The zero-order chi connectivity index (χ0) is 29.4. The van der Waals surface area contributed by atoms with Gasteiger partial charge < -0.3 is 15.0 Å². The van der Waals surface area contributed by atoms with E-state index in [2.05, 4.69) is 21.2 Å². The van der Waals surface area contributed by atoms with Crippen LogP contribution < -0.4 is 14.4 Å². The highest BCUT2D eigenvalue weighted by atomic mass is 79.9. The van der Waals surface area contributed by atoms with Gasteiger partial charge in [0.05, 0.1) is 22.7 Å². The molecule has 1 atom stereocenters. The van der Waals surface area contributed by atoms with E-state index in [-0.39, 0.29) is 28.1 Å². The van der Waals surface area contributed by atoms with Gasteiger partial charge in [0.25, 0.3) is 10.0 Å². The summed E-state index contributed by atoms with van der Waals surface area (Å²) in [7, 11) is -2.74. The van der Waals surface area contributed by atoms with Crippen LogP contribution in [0.5, 0.6) is 5.75 Å². The molecule has 0 aliphatic rings. The smallest absolute Gasteiger partial charge is 0.264 e. The highest BCUT2D eigenvalue weighted by Gasteiger charge is 2.32. The Hall–Kier alpha value is -3.08. The summed E-state index contributed by atoms with van der Waals surface area (Å²) in [6.07, 6.45) is 0.735. The average molecular weight is 651 g/mol. The fraction of sp³-hybridized carbons (Fsp3) is 0.310. The van der Waals surface area contributed by atoms with Crippen LogP contribution in [0, 0.1) is 6.92 Å². The summed E-state index contributed by atoms with van der Waals surface area (Å²) in [6, 6.07) is 17.4. The van der Waals surface area contributed by atoms with Crippen molar-refractivity contribution in [1.29, 1.82) is 0 Å². The van der Waals surface area contributed by atoms with Gasteiger partial charge in [0.1, 0.15) is 18.3 Å². The summed E-state index contributed by atoms with van der Waals surface area (Å²) < 4.78 is 34.9. The maximum atomic E-state index is 13.9. The van der Waals surface area contributed by atoms with Crippen LogP contribution in [0.15, 0.2) is 76.1 Å². The van der Waals surface area contributed by atoms with Gasteiger partial charge in [-0.1, -0.05) is 64.3 Å². The first-order valence-corrected chi connectivity index (χ1v) is 15.3. The van der Waals surface area contributed by atoms with Crippen molar-refractivity contribution < 1.29 is 22.7 Å². The van der Waals surface area contributed by atoms with Crippen LogP contribution in [-0.2, 0) is 26.2 Å². The number of halogens is 2. The molecule has 0 bridgehead atoms. The van der Waals surface area contributed by atoms with E-state index in [4.69, 9.17) is 16.3 Å². The molecule has 3 aromatic rings. The summed E-state index contributed by atoms with van der Waals surface area (Å²) >= 11 is 9.80. The van der Waals surface area contributed by atoms with Crippen molar-refractivity contribution in [2.45, 2.75) is 44.7 Å². The van der Waals surface area contributed by atoms with E-state index in [0.29, 0.717) is 12.3 Å². The van der Waals surface area contributed by atoms with E-state index in [9.17, 15) is 18.0 Å². The van der Waals surface area contributed by atoms with Gasteiger partial charge in [0.15, 0.2) is 0 Å². The van der Waals surface area contributed by atoms with Gasteiger partial charge in [-0.25, -0.2) is 8.42 Å². The third kappa shape index (κ3) is 7.77. The second-order valence-electron chi connectivity index (χ2n) is 9.26. The van der Waals surface area contributed by atoms with Crippen LogP contribution in [0.4, 0.5) is 5.69 Å². The number of sulfonamides is 1. The second-order valence-corrected chi connectivity index (χ2v) is 12.4. The molecule has 214 valence electrons. The average Bonchev–Trinajstić information content (AvgIpc) is 2.93. The van der Waals surface area contributed by atoms with Crippen LogP contribution in [0.3, 0.4) is 0 Å². The van der Waals surface area contributed by atoms with Gasteiger partial charge in [-0.2, -0.15) is 0 Å². The number of ether oxygens (including phenoxy) is 1.